The minimum absolute atomic E-state index is 0.0488. The Morgan fingerprint density at radius 3 is 2.87 bits per heavy atom. The molecule has 2 amide bonds. The number of rotatable bonds is 6. The van der Waals surface area contributed by atoms with Gasteiger partial charge in [-0.3, -0.25) is 14.6 Å². The fourth-order valence-electron chi connectivity index (χ4n) is 4.90. The Morgan fingerprint density at radius 1 is 1.29 bits per heavy atom. The van der Waals surface area contributed by atoms with Crippen molar-refractivity contribution < 1.29 is 9.59 Å². The van der Waals surface area contributed by atoms with Gasteiger partial charge < -0.3 is 10.2 Å². The van der Waals surface area contributed by atoms with Crippen molar-refractivity contribution in [3.05, 3.63) is 40.6 Å². The molecule has 1 N–H and O–H groups in total. The first-order valence-corrected chi connectivity index (χ1v) is 12.3. The number of thioether (sulfide) groups is 1. The van der Waals surface area contributed by atoms with E-state index in [1.165, 1.54) is 32.1 Å². The lowest BCUT2D eigenvalue weighted by Crippen LogP contribution is -2.38. The molecule has 1 aromatic heterocycles. The number of carbonyl (C=O) groups excluding carboxylic acids is 2. The van der Waals surface area contributed by atoms with Gasteiger partial charge in [0.05, 0.1) is 30.3 Å². The maximum atomic E-state index is 12.7. The number of carbonyl (C=O) groups is 2. The molecule has 3 heterocycles. The molecule has 1 aromatic rings. The van der Waals surface area contributed by atoms with Crippen molar-refractivity contribution in [3.63, 3.8) is 0 Å². The predicted molar refractivity (Wildman–Crippen MR) is 121 cm³/mol. The quantitative estimate of drug-likeness (QED) is 0.730. The van der Waals surface area contributed by atoms with Crippen LogP contribution in [0.4, 0.5) is 0 Å². The highest BCUT2D eigenvalue weighted by atomic mass is 32.2. The van der Waals surface area contributed by atoms with E-state index in [0.29, 0.717) is 38.3 Å². The summed E-state index contributed by atoms with van der Waals surface area (Å²) in [5.74, 6) is 0.503. The highest BCUT2D eigenvalue weighted by Gasteiger charge is 2.39. The second-order valence-corrected chi connectivity index (χ2v) is 10.0. The first kappa shape index (κ1) is 21.9. The summed E-state index contributed by atoms with van der Waals surface area (Å²) in [5.41, 5.74) is 2.01. The molecule has 0 radical (unpaired) electrons. The molecular formula is C24H30N4O2S. The molecular weight excluding hydrogens is 408 g/mol. The number of nitrogens with zero attached hydrogens (tertiary/aromatic N) is 3. The Kier molecular flexibility index (Phi) is 7.29. The molecule has 2 atom stereocenters. The van der Waals surface area contributed by atoms with Crippen molar-refractivity contribution >= 4 is 23.6 Å². The Morgan fingerprint density at radius 2 is 2.13 bits per heavy atom. The van der Waals surface area contributed by atoms with E-state index in [2.05, 4.69) is 16.4 Å². The van der Waals surface area contributed by atoms with Crippen LogP contribution in [0.25, 0.3) is 0 Å². The molecule has 4 rings (SSSR count). The third-order valence-electron chi connectivity index (χ3n) is 6.67. The van der Waals surface area contributed by atoms with E-state index in [-0.39, 0.29) is 23.1 Å². The molecule has 1 fully saturated rings. The van der Waals surface area contributed by atoms with Gasteiger partial charge in [-0.25, -0.2) is 0 Å². The van der Waals surface area contributed by atoms with E-state index in [0.717, 1.165) is 22.5 Å². The van der Waals surface area contributed by atoms with Gasteiger partial charge in [0.2, 0.25) is 11.8 Å². The van der Waals surface area contributed by atoms with Gasteiger partial charge in [-0.15, -0.1) is 11.8 Å². The van der Waals surface area contributed by atoms with Crippen LogP contribution in [0.3, 0.4) is 0 Å². The number of hydrogen-bond donors (Lipinski definition) is 1. The normalized spacial score (nSPS) is 23.9. The van der Waals surface area contributed by atoms with Gasteiger partial charge >= 0.3 is 0 Å². The van der Waals surface area contributed by atoms with Crippen LogP contribution < -0.4 is 5.32 Å². The summed E-state index contributed by atoms with van der Waals surface area (Å²) in [6.07, 6.45) is 12.3. The minimum atomic E-state index is -0.297. The Hall–Kier alpha value is -2.33. The molecule has 7 heteroatoms. The predicted octanol–water partition coefficient (Wildman–Crippen LogP) is 3.80. The topological polar surface area (TPSA) is 86.1 Å². The SMILES string of the molecule is N#CC1C2=C(CN(C(=O)Cc3cccnc3)CC2)SC1NC(=O)CCC1CCCCC1. The van der Waals surface area contributed by atoms with Gasteiger partial charge in [0.15, 0.2) is 0 Å². The molecule has 31 heavy (non-hydrogen) atoms. The molecule has 2 aliphatic heterocycles. The van der Waals surface area contributed by atoms with Crippen LogP contribution >= 0.6 is 11.8 Å². The van der Waals surface area contributed by atoms with Crippen LogP contribution in [0.1, 0.15) is 56.9 Å². The third-order valence-corrected chi connectivity index (χ3v) is 7.99. The zero-order valence-electron chi connectivity index (χ0n) is 17.9. The van der Waals surface area contributed by atoms with Crippen molar-refractivity contribution in [2.75, 3.05) is 13.1 Å². The molecule has 2 unspecified atom stereocenters. The number of aromatic nitrogens is 1. The van der Waals surface area contributed by atoms with Crippen LogP contribution in [0, 0.1) is 23.2 Å². The van der Waals surface area contributed by atoms with Crippen molar-refractivity contribution in [2.24, 2.45) is 11.8 Å². The maximum Gasteiger partial charge on any atom is 0.227 e. The second-order valence-electron chi connectivity index (χ2n) is 8.81. The van der Waals surface area contributed by atoms with Gasteiger partial charge in [-0.05, 0) is 36.0 Å². The van der Waals surface area contributed by atoms with E-state index in [1.807, 2.05) is 17.0 Å². The Labute approximate surface area is 188 Å². The lowest BCUT2D eigenvalue weighted by molar-refractivity contribution is -0.130. The molecule has 164 valence electrons. The second kappa shape index (κ2) is 10.3. The van der Waals surface area contributed by atoms with Gasteiger partial charge in [0.1, 0.15) is 0 Å². The lowest BCUT2D eigenvalue weighted by Gasteiger charge is -2.28. The first-order chi connectivity index (χ1) is 15.1. The molecule has 0 saturated heterocycles. The van der Waals surface area contributed by atoms with Crippen molar-refractivity contribution in [1.82, 2.24) is 15.2 Å². The van der Waals surface area contributed by atoms with Crippen LogP contribution in [0.5, 0.6) is 0 Å². The lowest BCUT2D eigenvalue weighted by atomic mass is 9.86. The molecule has 6 nitrogen and oxygen atoms in total. The number of hydrogen-bond acceptors (Lipinski definition) is 5. The Bertz CT molecular complexity index is 873. The zero-order valence-corrected chi connectivity index (χ0v) is 18.7. The van der Waals surface area contributed by atoms with E-state index < -0.39 is 0 Å². The van der Waals surface area contributed by atoms with Gasteiger partial charge in [0.25, 0.3) is 0 Å². The summed E-state index contributed by atoms with van der Waals surface area (Å²) >= 11 is 1.56. The standard InChI is InChI=1S/C24H30N4O2S/c25-14-20-19-10-12-28(23(30)13-18-7-4-11-26-15-18)16-21(19)31-24(20)27-22(29)9-8-17-5-2-1-3-6-17/h4,7,11,15,17,20,24H,1-3,5-6,8-10,12-13,16H2,(H,27,29). The van der Waals surface area contributed by atoms with E-state index in [9.17, 15) is 14.9 Å². The van der Waals surface area contributed by atoms with Crippen LogP contribution in [-0.4, -0.2) is 40.2 Å². The smallest absolute Gasteiger partial charge is 0.227 e. The van der Waals surface area contributed by atoms with Crippen molar-refractivity contribution in [2.45, 2.75) is 63.2 Å². The average Bonchev–Trinajstić information content (AvgIpc) is 3.15. The fraction of sp³-hybridized carbons (Fsp3) is 0.583. The number of amides is 2. The summed E-state index contributed by atoms with van der Waals surface area (Å²) in [6.45, 7) is 1.16. The highest BCUT2D eigenvalue weighted by molar-refractivity contribution is 8.04. The number of nitriles is 1. The summed E-state index contributed by atoms with van der Waals surface area (Å²) < 4.78 is 0. The molecule has 3 aliphatic rings. The van der Waals surface area contributed by atoms with Gasteiger partial charge in [-0.1, -0.05) is 38.2 Å². The summed E-state index contributed by atoms with van der Waals surface area (Å²) in [7, 11) is 0. The summed E-state index contributed by atoms with van der Waals surface area (Å²) in [6, 6.07) is 6.15. The molecule has 0 spiro atoms. The fourth-order valence-corrected chi connectivity index (χ4v) is 6.37. The van der Waals surface area contributed by atoms with Crippen LogP contribution in [0.15, 0.2) is 35.0 Å². The molecule has 0 bridgehead atoms. The molecule has 1 saturated carbocycles. The van der Waals surface area contributed by atoms with E-state index in [1.54, 1.807) is 24.2 Å². The van der Waals surface area contributed by atoms with Gasteiger partial charge in [-0.2, -0.15) is 5.26 Å². The summed E-state index contributed by atoms with van der Waals surface area (Å²) in [4.78, 5) is 32.3. The molecule has 1 aliphatic carbocycles. The van der Waals surface area contributed by atoms with Crippen molar-refractivity contribution in [1.29, 1.82) is 5.26 Å². The number of pyridine rings is 1. The Balaban J connectivity index is 1.30. The van der Waals surface area contributed by atoms with E-state index >= 15 is 0 Å². The van der Waals surface area contributed by atoms with Crippen LogP contribution in [0.2, 0.25) is 0 Å². The third kappa shape index (κ3) is 5.48. The molecule has 0 aromatic carbocycles. The monoisotopic (exact) mass is 438 g/mol. The first-order valence-electron chi connectivity index (χ1n) is 11.4. The zero-order chi connectivity index (χ0) is 21.6. The maximum absolute atomic E-state index is 12.7. The highest BCUT2D eigenvalue weighted by Crippen LogP contribution is 2.44. The average molecular weight is 439 g/mol. The van der Waals surface area contributed by atoms with Gasteiger partial charge in [0, 0.05) is 30.3 Å². The van der Waals surface area contributed by atoms with Crippen molar-refractivity contribution in [3.8, 4) is 6.07 Å². The number of nitrogens with one attached hydrogen (secondary N) is 1. The minimum Gasteiger partial charge on any atom is -0.342 e. The van der Waals surface area contributed by atoms with Crippen LogP contribution in [-0.2, 0) is 16.0 Å². The van der Waals surface area contributed by atoms with E-state index in [4.69, 9.17) is 0 Å². The largest absolute Gasteiger partial charge is 0.342 e. The summed E-state index contributed by atoms with van der Waals surface area (Å²) in [5, 5.41) is 12.6.